The highest BCUT2D eigenvalue weighted by Gasteiger charge is 2.46. The van der Waals surface area contributed by atoms with E-state index in [9.17, 15) is 0 Å². The van der Waals surface area contributed by atoms with E-state index in [1.54, 1.807) is 0 Å². The molecule has 0 saturated carbocycles. The van der Waals surface area contributed by atoms with Gasteiger partial charge in [0.2, 0.25) is 0 Å². The third kappa shape index (κ3) is 5.70. The van der Waals surface area contributed by atoms with Gasteiger partial charge in [-0.3, -0.25) is 0 Å². The summed E-state index contributed by atoms with van der Waals surface area (Å²) in [5.74, 6) is 0. The highest BCUT2D eigenvalue weighted by Crippen LogP contribution is 2.53. The highest BCUT2D eigenvalue weighted by atomic mass is 16.3. The first kappa shape index (κ1) is 40.1. The number of fused-ring (bicyclic) bond motifs is 15. The van der Waals surface area contributed by atoms with Crippen molar-refractivity contribution >= 4 is 140 Å². The molecule has 0 aliphatic carbocycles. The molecular weight excluding hydrogens is 892 g/mol. The zero-order chi connectivity index (χ0) is 47.7. The van der Waals surface area contributed by atoms with E-state index in [1.165, 1.54) is 32.8 Å². The number of rotatable bonds is 6. The van der Waals surface area contributed by atoms with Gasteiger partial charge in [-0.25, -0.2) is 0 Å². The molecule has 3 aromatic heterocycles. The van der Waals surface area contributed by atoms with Crippen molar-refractivity contribution in [3.05, 3.63) is 249 Å². The first-order valence-corrected chi connectivity index (χ1v) is 25.0. The maximum Gasteiger partial charge on any atom is 0.252 e. The summed E-state index contributed by atoms with van der Waals surface area (Å²) in [5, 5.41) is 6.71. The van der Waals surface area contributed by atoms with E-state index in [0.717, 1.165) is 106 Å². The lowest BCUT2D eigenvalue weighted by molar-refractivity contribution is 0.668. The number of nitrogens with zero attached hydrogens (tertiary/aromatic N) is 4. The Labute approximate surface area is 420 Å². The Bertz CT molecular complexity index is 4530. The minimum atomic E-state index is -0.170. The monoisotopic (exact) mass is 932 g/mol. The number of benzene rings is 11. The van der Waals surface area contributed by atoms with Crippen LogP contribution in [0.5, 0.6) is 0 Å². The van der Waals surface area contributed by atoms with E-state index in [-0.39, 0.29) is 6.71 Å². The molecule has 0 N–H and O–H groups in total. The van der Waals surface area contributed by atoms with Crippen LogP contribution in [0, 0.1) is 0 Å². The first-order valence-electron chi connectivity index (χ1n) is 25.0. The van der Waals surface area contributed by atoms with Gasteiger partial charge in [0, 0.05) is 55.7 Å². The summed E-state index contributed by atoms with van der Waals surface area (Å²) in [4.78, 5) is 7.52. The number of hydrogen-bond acceptors (Lipinski definition) is 5. The molecule has 0 unspecified atom stereocenters. The van der Waals surface area contributed by atoms with Crippen molar-refractivity contribution in [2.75, 3.05) is 14.7 Å². The molecule has 0 fully saturated rings. The Balaban J connectivity index is 1.10. The predicted octanol–water partition coefficient (Wildman–Crippen LogP) is 16.1. The van der Waals surface area contributed by atoms with Gasteiger partial charge in [0.25, 0.3) is 6.71 Å². The lowest BCUT2D eigenvalue weighted by atomic mass is 9.33. The zero-order valence-corrected chi connectivity index (χ0v) is 39.4. The third-order valence-electron chi connectivity index (χ3n) is 15.3. The summed E-state index contributed by atoms with van der Waals surface area (Å²) in [6.07, 6.45) is 0. The van der Waals surface area contributed by atoms with Crippen molar-refractivity contribution < 1.29 is 8.83 Å². The van der Waals surface area contributed by atoms with Crippen LogP contribution >= 0.6 is 0 Å². The second-order valence-electron chi connectivity index (χ2n) is 19.2. The van der Waals surface area contributed by atoms with Gasteiger partial charge < -0.3 is 28.1 Å². The molecule has 16 rings (SSSR count). The molecule has 11 aromatic carbocycles. The average molecular weight is 933 g/mol. The molecule has 5 heterocycles. The molecule has 0 atom stereocenters. The van der Waals surface area contributed by atoms with Crippen LogP contribution in [0.2, 0.25) is 0 Å². The van der Waals surface area contributed by atoms with Gasteiger partial charge in [0.15, 0.2) is 0 Å². The Morgan fingerprint density at radius 3 is 1.48 bits per heavy atom. The van der Waals surface area contributed by atoms with Crippen molar-refractivity contribution in [2.24, 2.45) is 0 Å². The highest BCUT2D eigenvalue weighted by molar-refractivity contribution is 7.01. The van der Waals surface area contributed by atoms with Gasteiger partial charge in [-0.2, -0.15) is 0 Å². The van der Waals surface area contributed by atoms with Crippen molar-refractivity contribution in [1.82, 2.24) is 4.57 Å². The van der Waals surface area contributed by atoms with Crippen LogP contribution < -0.4 is 31.1 Å². The summed E-state index contributed by atoms with van der Waals surface area (Å²) in [6, 6.07) is 89.9. The molecule has 0 amide bonds. The van der Waals surface area contributed by atoms with Crippen LogP contribution in [-0.2, 0) is 0 Å². The maximum atomic E-state index is 6.78. The van der Waals surface area contributed by atoms with E-state index in [1.807, 2.05) is 6.07 Å². The number of furan rings is 2. The number of para-hydroxylation sites is 7. The standard InChI is InChI=1S/C66H41BN4O2/c1-5-20-42(21-6-1)68(53-32-19-35-59-61(53)48-29-14-17-33-57(48)72-59)46-40-55-64-56(41-46)71(45-26-11-4-12-27-45)66-51(37-39-60-63(66)49-30-15-18-34-58(49)73-60)67(64)50-36-38-54-62(65(50)70(55)44-24-9-3-10-25-44)47-28-13-16-31-52(47)69(54)43-22-7-2-8-23-43/h1-41H. The smallest absolute Gasteiger partial charge is 0.252 e. The number of anilines is 9. The molecular formula is C66H41BN4O2. The van der Waals surface area contributed by atoms with E-state index in [2.05, 4.69) is 262 Å². The summed E-state index contributed by atoms with van der Waals surface area (Å²) < 4.78 is 15.8. The summed E-state index contributed by atoms with van der Waals surface area (Å²) in [7, 11) is 0. The van der Waals surface area contributed by atoms with Crippen molar-refractivity contribution in [2.45, 2.75) is 0 Å². The van der Waals surface area contributed by atoms with E-state index in [4.69, 9.17) is 8.83 Å². The summed E-state index contributed by atoms with van der Waals surface area (Å²) >= 11 is 0. The first-order chi connectivity index (χ1) is 36.3. The molecule has 2 aliphatic heterocycles. The van der Waals surface area contributed by atoms with Crippen molar-refractivity contribution in [1.29, 1.82) is 0 Å². The number of aromatic nitrogens is 1. The fourth-order valence-electron chi connectivity index (χ4n) is 12.4. The molecule has 0 spiro atoms. The maximum absolute atomic E-state index is 6.78. The van der Waals surface area contributed by atoms with Crippen molar-refractivity contribution in [3.8, 4) is 5.69 Å². The summed E-state index contributed by atoms with van der Waals surface area (Å²) in [5.41, 5.74) is 20.2. The quantitative estimate of drug-likeness (QED) is 0.155. The van der Waals surface area contributed by atoms with Crippen LogP contribution in [0.1, 0.15) is 0 Å². The average Bonchev–Trinajstić information content (AvgIpc) is 4.15. The number of hydrogen-bond donors (Lipinski definition) is 0. The SMILES string of the molecule is c1ccc(N(c2cc3c4c(c2)N(c2ccccc2)c2c(ccc5c2c2ccccc2n5-c2ccccc2)B4c2ccc4oc5ccccc5c4c2N3c2ccccc2)c2cccc3oc4ccccc4c23)cc1. The Morgan fingerprint density at radius 1 is 0.342 bits per heavy atom. The minimum absolute atomic E-state index is 0.170. The van der Waals surface area contributed by atoms with Gasteiger partial charge in [-0.05, 0) is 120 Å². The lowest BCUT2D eigenvalue weighted by Gasteiger charge is -2.45. The van der Waals surface area contributed by atoms with Crippen molar-refractivity contribution in [3.63, 3.8) is 0 Å². The molecule has 6 nitrogen and oxygen atoms in total. The molecule has 0 bridgehead atoms. The predicted molar refractivity (Wildman–Crippen MR) is 304 cm³/mol. The third-order valence-corrected chi connectivity index (χ3v) is 15.3. The fraction of sp³-hybridized carbons (Fsp3) is 0. The Hall–Kier alpha value is -9.72. The van der Waals surface area contributed by atoms with Gasteiger partial charge in [-0.15, -0.1) is 0 Å². The fourth-order valence-corrected chi connectivity index (χ4v) is 12.4. The zero-order valence-electron chi connectivity index (χ0n) is 39.4. The van der Waals surface area contributed by atoms with Gasteiger partial charge in [0.1, 0.15) is 22.3 Å². The minimum Gasteiger partial charge on any atom is -0.456 e. The summed E-state index contributed by atoms with van der Waals surface area (Å²) in [6.45, 7) is -0.170. The van der Waals surface area contributed by atoms with Gasteiger partial charge in [-0.1, -0.05) is 146 Å². The Morgan fingerprint density at radius 2 is 0.836 bits per heavy atom. The van der Waals surface area contributed by atoms with Gasteiger partial charge >= 0.3 is 0 Å². The van der Waals surface area contributed by atoms with Crippen LogP contribution in [-0.4, -0.2) is 11.3 Å². The van der Waals surface area contributed by atoms with Crippen LogP contribution in [0.15, 0.2) is 258 Å². The molecule has 0 radical (unpaired) electrons. The molecule has 340 valence electrons. The Kier molecular flexibility index (Phi) is 8.45. The van der Waals surface area contributed by atoms with Crippen LogP contribution in [0.3, 0.4) is 0 Å². The molecule has 73 heavy (non-hydrogen) atoms. The van der Waals surface area contributed by atoms with E-state index >= 15 is 0 Å². The van der Waals surface area contributed by atoms with Gasteiger partial charge in [0.05, 0.1) is 44.6 Å². The molecule has 14 aromatic rings. The lowest BCUT2D eigenvalue weighted by Crippen LogP contribution is -2.61. The molecule has 2 aliphatic rings. The second kappa shape index (κ2) is 15.4. The van der Waals surface area contributed by atoms with E-state index in [0.29, 0.717) is 0 Å². The molecule has 7 heteroatoms. The normalized spacial score (nSPS) is 12.8. The topological polar surface area (TPSA) is 40.9 Å². The molecule has 0 saturated heterocycles. The van der Waals surface area contributed by atoms with Crippen LogP contribution in [0.4, 0.5) is 51.2 Å². The van der Waals surface area contributed by atoms with E-state index < -0.39 is 0 Å². The largest absolute Gasteiger partial charge is 0.456 e. The second-order valence-corrected chi connectivity index (χ2v) is 19.2. The van der Waals surface area contributed by atoms with Crippen LogP contribution in [0.25, 0.3) is 71.4 Å².